The zero-order valence-electron chi connectivity index (χ0n) is 23.6. The molecule has 2 amide bonds. The first-order chi connectivity index (χ1) is 20.3. The highest BCUT2D eigenvalue weighted by Crippen LogP contribution is 2.24. The summed E-state index contributed by atoms with van der Waals surface area (Å²) < 4.78 is 3.27. The van der Waals surface area contributed by atoms with Gasteiger partial charge in [0.15, 0.2) is 11.6 Å². The number of para-hydroxylation sites is 2. The minimum atomic E-state index is -0.550. The number of carbonyl (C=O) groups excluding carboxylic acids is 2. The number of nitrogens with zero attached hydrogens (tertiary/aromatic N) is 6. The Morgan fingerprint density at radius 1 is 0.738 bits per heavy atom. The van der Waals surface area contributed by atoms with E-state index >= 15 is 0 Å². The molecule has 12 heteroatoms. The average Bonchev–Trinajstić information content (AvgIpc) is 3.61. The van der Waals surface area contributed by atoms with Crippen LogP contribution in [0.4, 0.5) is 23.0 Å². The largest absolute Gasteiger partial charge is 0.365 e. The highest BCUT2D eigenvalue weighted by atomic mass is 16.1. The van der Waals surface area contributed by atoms with E-state index in [0.717, 1.165) is 24.2 Å². The van der Waals surface area contributed by atoms with Gasteiger partial charge in [-0.2, -0.15) is 20.7 Å². The molecule has 42 heavy (non-hydrogen) atoms. The van der Waals surface area contributed by atoms with Gasteiger partial charge in [-0.05, 0) is 37.1 Å². The van der Waals surface area contributed by atoms with Crippen LogP contribution in [-0.4, -0.2) is 31.4 Å². The third-order valence-electron chi connectivity index (χ3n) is 6.41. The van der Waals surface area contributed by atoms with E-state index in [2.05, 4.69) is 33.0 Å². The van der Waals surface area contributed by atoms with E-state index in [0.29, 0.717) is 35.6 Å². The first-order valence-electron chi connectivity index (χ1n) is 13.5. The lowest BCUT2D eigenvalue weighted by Crippen LogP contribution is -2.12. The average molecular weight is 567 g/mol. The molecular weight excluding hydrogens is 532 g/mol. The van der Waals surface area contributed by atoms with E-state index in [1.54, 1.807) is 21.8 Å². The molecular formula is C30H34N10O2. The molecule has 2 heterocycles. The van der Waals surface area contributed by atoms with Crippen LogP contribution in [0, 0.1) is 22.7 Å². The lowest BCUT2D eigenvalue weighted by Gasteiger charge is -2.11. The van der Waals surface area contributed by atoms with Crippen molar-refractivity contribution < 1.29 is 9.59 Å². The molecule has 0 spiro atoms. The van der Waals surface area contributed by atoms with Crippen molar-refractivity contribution >= 4 is 34.8 Å². The molecule has 2 aromatic carbocycles. The number of hydrogen-bond acceptors (Lipinski definition) is 8. The van der Waals surface area contributed by atoms with Crippen LogP contribution >= 0.6 is 0 Å². The van der Waals surface area contributed by atoms with Gasteiger partial charge in [-0.1, -0.05) is 50.2 Å². The molecule has 0 bridgehead atoms. The smallest absolute Gasteiger partial charge is 0.254 e. The Kier molecular flexibility index (Phi) is 11.2. The van der Waals surface area contributed by atoms with Crippen molar-refractivity contribution in [1.29, 1.82) is 10.5 Å². The minimum absolute atomic E-state index is 0.0700. The zero-order valence-corrected chi connectivity index (χ0v) is 23.6. The fourth-order valence-electron chi connectivity index (χ4n) is 4.08. The second kappa shape index (κ2) is 15.2. The highest BCUT2D eigenvalue weighted by molar-refractivity contribution is 5.98. The lowest BCUT2D eigenvalue weighted by atomic mass is 10.2. The van der Waals surface area contributed by atoms with Crippen LogP contribution < -0.4 is 22.1 Å². The van der Waals surface area contributed by atoms with Gasteiger partial charge < -0.3 is 22.1 Å². The summed E-state index contributed by atoms with van der Waals surface area (Å²) in [4.78, 5) is 23.1. The Morgan fingerprint density at radius 2 is 1.10 bits per heavy atom. The molecule has 216 valence electrons. The van der Waals surface area contributed by atoms with Gasteiger partial charge in [0.1, 0.15) is 11.1 Å². The Balaban J connectivity index is 0.000000230. The van der Waals surface area contributed by atoms with Gasteiger partial charge in [-0.15, -0.1) is 0 Å². The maximum atomic E-state index is 11.6. The van der Waals surface area contributed by atoms with Crippen LogP contribution in [0.1, 0.15) is 72.3 Å². The molecule has 2 atom stereocenters. The number of benzene rings is 2. The summed E-state index contributed by atoms with van der Waals surface area (Å²) in [6.45, 7) is 3.94. The van der Waals surface area contributed by atoms with Gasteiger partial charge in [0.25, 0.3) is 11.8 Å². The minimum Gasteiger partial charge on any atom is -0.365 e. The maximum Gasteiger partial charge on any atom is 0.254 e. The van der Waals surface area contributed by atoms with Crippen molar-refractivity contribution in [1.82, 2.24) is 19.6 Å². The van der Waals surface area contributed by atoms with Crippen molar-refractivity contribution in [3.63, 3.8) is 0 Å². The maximum absolute atomic E-state index is 11.6. The molecule has 0 unspecified atom stereocenters. The number of anilines is 4. The summed E-state index contributed by atoms with van der Waals surface area (Å²) in [6, 6.07) is 22.9. The van der Waals surface area contributed by atoms with Crippen LogP contribution in [0.25, 0.3) is 0 Å². The van der Waals surface area contributed by atoms with Crippen LogP contribution in [-0.2, 0) is 0 Å². The zero-order chi connectivity index (χ0) is 30.5. The SMILES string of the molecule is CC[C@@H](CC#N)n1cc(C(N)=O)c(Nc2ccccc2)n1.CC[C@H](CC#N)n1cc(C(N)=O)c(Nc2ccccc2)n1. The van der Waals surface area contributed by atoms with Gasteiger partial charge in [0.05, 0.1) is 37.1 Å². The molecule has 0 aliphatic heterocycles. The van der Waals surface area contributed by atoms with Gasteiger partial charge in [0, 0.05) is 23.8 Å². The number of aromatic nitrogens is 4. The van der Waals surface area contributed by atoms with Gasteiger partial charge in [0.2, 0.25) is 0 Å². The van der Waals surface area contributed by atoms with Gasteiger partial charge in [-0.25, -0.2) is 0 Å². The summed E-state index contributed by atoms with van der Waals surface area (Å²) in [6.07, 6.45) is 5.36. The van der Waals surface area contributed by atoms with Crippen molar-refractivity contribution in [2.45, 2.75) is 51.6 Å². The summed E-state index contributed by atoms with van der Waals surface area (Å²) in [5, 5.41) is 32.6. The molecule has 0 radical (unpaired) electrons. The number of hydrogen-bond donors (Lipinski definition) is 4. The first kappa shape index (κ1) is 30.9. The molecule has 0 aliphatic carbocycles. The lowest BCUT2D eigenvalue weighted by molar-refractivity contribution is 0.0992. The van der Waals surface area contributed by atoms with E-state index in [9.17, 15) is 9.59 Å². The van der Waals surface area contributed by atoms with Crippen molar-refractivity contribution in [2.75, 3.05) is 10.6 Å². The Morgan fingerprint density at radius 3 is 1.38 bits per heavy atom. The molecule has 12 nitrogen and oxygen atoms in total. The Hall–Kier alpha value is -5.62. The standard InChI is InChI=1S/2C15H17N5O/c2*1-2-12(8-9-16)20-10-13(14(17)21)15(19-20)18-11-6-4-3-5-7-11/h2*3-7,10,12H,2,8H2,1H3,(H2,17,21)(H,18,19)/t2*12-/m10/s1. The third-order valence-corrected chi connectivity index (χ3v) is 6.41. The summed E-state index contributed by atoms with van der Waals surface area (Å²) in [5.74, 6) is -0.284. The molecule has 6 N–H and O–H groups in total. The second-order valence-corrected chi connectivity index (χ2v) is 9.30. The van der Waals surface area contributed by atoms with Crippen molar-refractivity contribution in [2.24, 2.45) is 11.5 Å². The summed E-state index contributed by atoms with van der Waals surface area (Å²) in [5.41, 5.74) is 13.1. The first-order valence-corrected chi connectivity index (χ1v) is 13.5. The second-order valence-electron chi connectivity index (χ2n) is 9.30. The highest BCUT2D eigenvalue weighted by Gasteiger charge is 2.19. The van der Waals surface area contributed by atoms with Gasteiger partial charge in [-0.3, -0.25) is 19.0 Å². The predicted molar refractivity (Wildman–Crippen MR) is 160 cm³/mol. The van der Waals surface area contributed by atoms with E-state index in [-0.39, 0.29) is 12.1 Å². The fourth-order valence-corrected chi connectivity index (χ4v) is 4.08. The molecule has 4 aromatic rings. The topological polar surface area (TPSA) is 193 Å². The number of nitriles is 2. The number of carbonyl (C=O) groups is 2. The number of rotatable bonds is 12. The molecule has 0 aliphatic rings. The van der Waals surface area contributed by atoms with Crippen molar-refractivity contribution in [3.05, 3.63) is 84.2 Å². The molecule has 0 saturated heterocycles. The van der Waals surface area contributed by atoms with E-state index in [4.69, 9.17) is 22.0 Å². The van der Waals surface area contributed by atoms with Crippen LogP contribution in [0.5, 0.6) is 0 Å². The van der Waals surface area contributed by atoms with E-state index < -0.39 is 11.8 Å². The molecule has 2 aromatic heterocycles. The fraction of sp³-hybridized carbons (Fsp3) is 0.267. The summed E-state index contributed by atoms with van der Waals surface area (Å²) >= 11 is 0. The van der Waals surface area contributed by atoms with Gasteiger partial charge >= 0.3 is 0 Å². The van der Waals surface area contributed by atoms with E-state index in [1.807, 2.05) is 74.5 Å². The number of nitrogens with one attached hydrogen (secondary N) is 2. The number of amides is 2. The predicted octanol–water partition coefficient (Wildman–Crippen LogP) is 5.18. The summed E-state index contributed by atoms with van der Waals surface area (Å²) in [7, 11) is 0. The Bertz CT molecular complexity index is 1430. The van der Waals surface area contributed by atoms with Crippen LogP contribution in [0.2, 0.25) is 0 Å². The third kappa shape index (κ3) is 8.19. The van der Waals surface area contributed by atoms with E-state index in [1.165, 1.54) is 0 Å². The normalized spacial score (nSPS) is 11.6. The number of primary amides is 2. The van der Waals surface area contributed by atoms with Crippen LogP contribution in [0.15, 0.2) is 73.1 Å². The monoisotopic (exact) mass is 566 g/mol. The van der Waals surface area contributed by atoms with Crippen molar-refractivity contribution in [3.8, 4) is 12.1 Å². The molecule has 0 saturated carbocycles. The van der Waals surface area contributed by atoms with Crippen LogP contribution in [0.3, 0.4) is 0 Å². The quantitative estimate of drug-likeness (QED) is 0.180. The Labute approximate surface area is 244 Å². The molecule has 0 fully saturated rings. The number of nitrogens with two attached hydrogens (primary N) is 2. The molecule has 4 rings (SSSR count).